The Hall–Kier alpha value is -2.40. The molecule has 2 fully saturated rings. The fourth-order valence-electron chi connectivity index (χ4n) is 4.10. The second-order valence-corrected chi connectivity index (χ2v) is 10.1. The van der Waals surface area contributed by atoms with Crippen molar-refractivity contribution in [2.75, 3.05) is 13.1 Å². The van der Waals surface area contributed by atoms with Gasteiger partial charge in [0.15, 0.2) is 9.84 Å². The van der Waals surface area contributed by atoms with Crippen LogP contribution in [0.1, 0.15) is 39.5 Å². The Kier molecular flexibility index (Phi) is 5.99. The van der Waals surface area contributed by atoms with Crippen molar-refractivity contribution in [1.29, 1.82) is 5.26 Å². The molecule has 0 aliphatic heterocycles. The Morgan fingerprint density at radius 3 is 2.24 bits per heavy atom. The lowest BCUT2D eigenvalue weighted by Crippen LogP contribution is -2.45. The number of hydrogen-bond acceptors (Lipinski definition) is 5. The number of amides is 2. The summed E-state index contributed by atoms with van der Waals surface area (Å²) in [6.07, 6.45) is 1.37. The van der Waals surface area contributed by atoms with Gasteiger partial charge < -0.3 is 10.2 Å². The summed E-state index contributed by atoms with van der Waals surface area (Å²) < 4.78 is 26.2. The van der Waals surface area contributed by atoms with E-state index in [2.05, 4.69) is 11.4 Å². The highest BCUT2D eigenvalue weighted by Gasteiger charge is 2.51. The summed E-state index contributed by atoms with van der Waals surface area (Å²) in [5, 5.41) is 11.2. The minimum atomic E-state index is -3.66. The molecule has 0 spiro atoms. The largest absolute Gasteiger partial charge is 0.343 e. The molecule has 156 valence electrons. The van der Waals surface area contributed by atoms with E-state index in [0.29, 0.717) is 25.9 Å². The van der Waals surface area contributed by atoms with Gasteiger partial charge in [-0.3, -0.25) is 9.59 Å². The van der Waals surface area contributed by atoms with Gasteiger partial charge in [-0.1, -0.05) is 18.2 Å². The molecule has 1 aromatic rings. The average Bonchev–Trinajstić information content (AvgIpc) is 3.34. The van der Waals surface area contributed by atoms with Gasteiger partial charge in [0.05, 0.1) is 28.1 Å². The SMILES string of the molecule is CCN(CC)C(=O)[C@@H]1C[C@H](S(=O)(=O)c2ccccc2)C[C@H]1C(=O)NC1(C#N)CC1. The van der Waals surface area contributed by atoms with Crippen LogP contribution < -0.4 is 5.32 Å². The number of benzene rings is 1. The van der Waals surface area contributed by atoms with Gasteiger partial charge in [-0.15, -0.1) is 0 Å². The average molecular weight is 418 g/mol. The fraction of sp³-hybridized carbons (Fsp3) is 0.571. The van der Waals surface area contributed by atoms with Gasteiger partial charge in [-0.2, -0.15) is 5.26 Å². The lowest BCUT2D eigenvalue weighted by Gasteiger charge is -2.26. The van der Waals surface area contributed by atoms with Crippen LogP contribution in [0, 0.1) is 23.2 Å². The quantitative estimate of drug-likeness (QED) is 0.729. The maximum atomic E-state index is 13.1. The van der Waals surface area contributed by atoms with E-state index in [1.54, 1.807) is 35.2 Å². The van der Waals surface area contributed by atoms with Crippen LogP contribution in [0.15, 0.2) is 35.2 Å². The minimum Gasteiger partial charge on any atom is -0.343 e. The van der Waals surface area contributed by atoms with Crippen LogP contribution in [0.4, 0.5) is 0 Å². The third kappa shape index (κ3) is 4.15. The number of hydrogen-bond donors (Lipinski definition) is 1. The molecule has 2 aliphatic rings. The number of carbonyl (C=O) groups excluding carboxylic acids is 2. The van der Waals surface area contributed by atoms with Crippen LogP contribution in [0.2, 0.25) is 0 Å². The number of nitrogens with zero attached hydrogens (tertiary/aromatic N) is 2. The van der Waals surface area contributed by atoms with Gasteiger partial charge in [0.1, 0.15) is 5.54 Å². The number of rotatable bonds is 7. The van der Waals surface area contributed by atoms with E-state index in [1.165, 1.54) is 0 Å². The number of carbonyl (C=O) groups is 2. The predicted octanol–water partition coefficient (Wildman–Crippen LogP) is 1.90. The molecule has 2 amide bonds. The first-order chi connectivity index (χ1) is 13.8. The van der Waals surface area contributed by atoms with Crippen LogP contribution in [0.3, 0.4) is 0 Å². The van der Waals surface area contributed by atoms with Crippen LogP contribution in [-0.4, -0.2) is 49.0 Å². The first-order valence-electron chi connectivity index (χ1n) is 10.1. The van der Waals surface area contributed by atoms with Gasteiger partial charge in [0, 0.05) is 13.1 Å². The summed E-state index contributed by atoms with van der Waals surface area (Å²) in [6, 6.07) is 10.3. The highest BCUT2D eigenvalue weighted by molar-refractivity contribution is 7.92. The zero-order valence-electron chi connectivity index (χ0n) is 16.8. The van der Waals surface area contributed by atoms with Crippen LogP contribution in [0.5, 0.6) is 0 Å². The highest BCUT2D eigenvalue weighted by atomic mass is 32.2. The van der Waals surface area contributed by atoms with Crippen molar-refractivity contribution in [1.82, 2.24) is 10.2 Å². The lowest BCUT2D eigenvalue weighted by atomic mass is 9.93. The van der Waals surface area contributed by atoms with Crippen molar-refractivity contribution in [3.05, 3.63) is 30.3 Å². The molecular formula is C21H27N3O4S. The molecular weight excluding hydrogens is 390 g/mol. The van der Waals surface area contributed by atoms with Crippen molar-refractivity contribution in [2.45, 2.75) is 55.2 Å². The Labute approximate surface area is 172 Å². The molecule has 0 unspecified atom stereocenters. The van der Waals surface area contributed by atoms with E-state index in [4.69, 9.17) is 0 Å². The molecule has 1 aromatic carbocycles. The molecule has 3 atom stereocenters. The molecule has 7 nitrogen and oxygen atoms in total. The van der Waals surface area contributed by atoms with Crippen LogP contribution in [-0.2, 0) is 19.4 Å². The van der Waals surface area contributed by atoms with Crippen molar-refractivity contribution >= 4 is 21.7 Å². The smallest absolute Gasteiger partial charge is 0.226 e. The Morgan fingerprint density at radius 2 is 1.72 bits per heavy atom. The van der Waals surface area contributed by atoms with Gasteiger partial charge in [0.25, 0.3) is 0 Å². The van der Waals surface area contributed by atoms with Crippen LogP contribution in [0.25, 0.3) is 0 Å². The molecule has 0 bridgehead atoms. The summed E-state index contributed by atoms with van der Waals surface area (Å²) >= 11 is 0. The monoisotopic (exact) mass is 417 g/mol. The van der Waals surface area contributed by atoms with E-state index in [-0.39, 0.29) is 29.6 Å². The summed E-state index contributed by atoms with van der Waals surface area (Å²) in [6.45, 7) is 4.72. The first kappa shape index (κ1) is 21.3. The summed E-state index contributed by atoms with van der Waals surface area (Å²) in [5.41, 5.74) is -0.851. The summed E-state index contributed by atoms with van der Waals surface area (Å²) in [5.74, 6) is -2.03. The standard InChI is InChI=1S/C21H27N3O4S/c1-3-24(4-2)20(26)18-13-16(29(27,28)15-8-6-5-7-9-15)12-17(18)19(25)23-21(14-22)10-11-21/h5-9,16-18H,3-4,10-13H2,1-2H3,(H,23,25)/t16-,17-,18-/m1/s1. The second kappa shape index (κ2) is 8.15. The number of nitrogens with one attached hydrogen (secondary N) is 1. The van der Waals surface area contributed by atoms with E-state index in [9.17, 15) is 23.3 Å². The summed E-state index contributed by atoms with van der Waals surface area (Å²) in [4.78, 5) is 27.9. The van der Waals surface area contributed by atoms with Gasteiger partial charge in [-0.25, -0.2) is 8.42 Å². The van der Waals surface area contributed by atoms with Gasteiger partial charge >= 0.3 is 0 Å². The number of nitriles is 1. The third-order valence-electron chi connectivity index (χ3n) is 6.09. The van der Waals surface area contributed by atoms with Crippen molar-refractivity contribution in [2.24, 2.45) is 11.8 Å². The Balaban J connectivity index is 1.88. The predicted molar refractivity (Wildman–Crippen MR) is 107 cm³/mol. The Bertz CT molecular complexity index is 915. The summed E-state index contributed by atoms with van der Waals surface area (Å²) in [7, 11) is -3.66. The van der Waals surface area contributed by atoms with E-state index in [0.717, 1.165) is 0 Å². The molecule has 0 aromatic heterocycles. The molecule has 1 N–H and O–H groups in total. The maximum Gasteiger partial charge on any atom is 0.226 e. The van der Waals surface area contributed by atoms with E-state index < -0.39 is 32.5 Å². The zero-order chi connectivity index (χ0) is 21.2. The van der Waals surface area contributed by atoms with E-state index in [1.807, 2.05) is 13.8 Å². The molecule has 0 heterocycles. The maximum absolute atomic E-state index is 13.1. The molecule has 0 radical (unpaired) electrons. The molecule has 2 aliphatic carbocycles. The van der Waals surface area contributed by atoms with Crippen LogP contribution >= 0.6 is 0 Å². The fourth-order valence-corrected chi connectivity index (χ4v) is 5.94. The molecule has 29 heavy (non-hydrogen) atoms. The minimum absolute atomic E-state index is 0.0856. The van der Waals surface area contributed by atoms with E-state index >= 15 is 0 Å². The first-order valence-corrected chi connectivity index (χ1v) is 11.6. The van der Waals surface area contributed by atoms with Gasteiger partial charge in [0.2, 0.25) is 11.8 Å². The molecule has 8 heteroatoms. The second-order valence-electron chi connectivity index (χ2n) is 7.86. The normalized spacial score (nSPS) is 25.1. The Morgan fingerprint density at radius 1 is 1.14 bits per heavy atom. The molecule has 0 saturated heterocycles. The van der Waals surface area contributed by atoms with Crippen molar-refractivity contribution < 1.29 is 18.0 Å². The molecule has 3 rings (SSSR count). The molecule has 2 saturated carbocycles. The lowest BCUT2D eigenvalue weighted by molar-refractivity contribution is -0.140. The third-order valence-corrected chi connectivity index (χ3v) is 8.28. The van der Waals surface area contributed by atoms with Crippen molar-refractivity contribution in [3.8, 4) is 6.07 Å². The number of sulfone groups is 1. The zero-order valence-corrected chi connectivity index (χ0v) is 17.6. The van der Waals surface area contributed by atoms with Crippen molar-refractivity contribution in [3.63, 3.8) is 0 Å². The topological polar surface area (TPSA) is 107 Å². The van der Waals surface area contributed by atoms with Gasteiger partial charge in [-0.05, 0) is 51.7 Å². The highest BCUT2D eigenvalue weighted by Crippen LogP contribution is 2.41.